The lowest BCUT2D eigenvalue weighted by Gasteiger charge is -2.06. The Morgan fingerprint density at radius 3 is 2.67 bits per heavy atom. The van der Waals surface area contributed by atoms with E-state index in [1.54, 1.807) is 0 Å². The van der Waals surface area contributed by atoms with E-state index in [1.807, 2.05) is 6.26 Å². The van der Waals surface area contributed by atoms with Crippen LogP contribution in [0.15, 0.2) is 0 Å². The summed E-state index contributed by atoms with van der Waals surface area (Å²) in [5, 5.41) is 8.38. The third-order valence-corrected chi connectivity index (χ3v) is 1.77. The summed E-state index contributed by atoms with van der Waals surface area (Å²) in [7, 11) is 0. The quantitative estimate of drug-likeness (QED) is 0.525. The maximum atomic E-state index is 10.2. The SMILES string of the molecule is CSCC(NS)C(=O)O. The van der Waals surface area contributed by atoms with Gasteiger partial charge in [-0.3, -0.25) is 9.52 Å². The molecular formula is C4H9NO2S2. The second kappa shape index (κ2) is 4.96. The number of carbonyl (C=O) groups is 1. The number of hydrogen-bond acceptors (Lipinski definition) is 4. The third-order valence-electron chi connectivity index (χ3n) is 0.787. The van der Waals surface area contributed by atoms with Crippen LogP contribution in [0.4, 0.5) is 0 Å². The van der Waals surface area contributed by atoms with Crippen molar-refractivity contribution in [2.24, 2.45) is 0 Å². The van der Waals surface area contributed by atoms with E-state index in [4.69, 9.17) is 5.11 Å². The molecule has 0 saturated heterocycles. The first kappa shape index (κ1) is 9.13. The van der Waals surface area contributed by atoms with E-state index in [0.717, 1.165) is 0 Å². The molecule has 0 aromatic heterocycles. The van der Waals surface area contributed by atoms with E-state index < -0.39 is 12.0 Å². The van der Waals surface area contributed by atoms with Gasteiger partial charge in [-0.15, -0.1) is 0 Å². The standard InChI is InChI=1S/C4H9NO2S2/c1-9-2-3(5-8)4(6)7/h3,5,8H,2H2,1H3,(H,6,7). The Hall–Kier alpha value is 0.130. The maximum Gasteiger partial charge on any atom is 0.322 e. The van der Waals surface area contributed by atoms with Crippen LogP contribution in [0.3, 0.4) is 0 Å². The molecule has 0 aliphatic carbocycles. The molecule has 9 heavy (non-hydrogen) atoms. The molecule has 1 atom stereocenters. The molecule has 0 spiro atoms. The topological polar surface area (TPSA) is 49.3 Å². The van der Waals surface area contributed by atoms with Crippen LogP contribution in [0.2, 0.25) is 0 Å². The summed E-state index contributed by atoms with van der Waals surface area (Å²) in [6.45, 7) is 0. The zero-order valence-corrected chi connectivity index (χ0v) is 6.71. The molecule has 0 aromatic carbocycles. The highest BCUT2D eigenvalue weighted by Crippen LogP contribution is 1.97. The number of carboxylic acids is 1. The highest BCUT2D eigenvalue weighted by molar-refractivity contribution is 7.98. The average molecular weight is 167 g/mol. The van der Waals surface area contributed by atoms with E-state index in [0.29, 0.717) is 5.75 Å². The summed E-state index contributed by atoms with van der Waals surface area (Å²) < 4.78 is 2.38. The number of nitrogens with one attached hydrogen (secondary N) is 1. The van der Waals surface area contributed by atoms with E-state index in [1.165, 1.54) is 11.8 Å². The Balaban J connectivity index is 3.54. The number of aliphatic carboxylic acids is 1. The molecule has 5 heteroatoms. The van der Waals surface area contributed by atoms with Crippen LogP contribution in [-0.2, 0) is 4.79 Å². The lowest BCUT2D eigenvalue weighted by atomic mass is 10.4. The van der Waals surface area contributed by atoms with Crippen molar-refractivity contribution in [2.75, 3.05) is 12.0 Å². The van der Waals surface area contributed by atoms with E-state index in [-0.39, 0.29) is 0 Å². The largest absolute Gasteiger partial charge is 0.480 e. The molecule has 3 nitrogen and oxygen atoms in total. The summed E-state index contributed by atoms with van der Waals surface area (Å²) in [4.78, 5) is 10.2. The summed E-state index contributed by atoms with van der Waals surface area (Å²) >= 11 is 5.12. The molecule has 0 aromatic rings. The zero-order chi connectivity index (χ0) is 7.28. The molecule has 2 N–H and O–H groups in total. The fourth-order valence-corrected chi connectivity index (χ4v) is 1.21. The van der Waals surface area contributed by atoms with Gasteiger partial charge in [-0.2, -0.15) is 11.8 Å². The van der Waals surface area contributed by atoms with Gasteiger partial charge in [-0.1, -0.05) is 12.8 Å². The molecule has 0 amide bonds. The first-order chi connectivity index (χ1) is 4.22. The minimum atomic E-state index is -0.862. The van der Waals surface area contributed by atoms with Crippen LogP contribution < -0.4 is 4.72 Å². The predicted molar refractivity (Wildman–Crippen MR) is 41.9 cm³/mol. The summed E-state index contributed by atoms with van der Waals surface area (Å²) in [5.41, 5.74) is 0. The van der Waals surface area contributed by atoms with Gasteiger partial charge in [0.05, 0.1) is 0 Å². The second-order valence-corrected chi connectivity index (χ2v) is 2.64. The molecule has 0 heterocycles. The summed E-state index contributed by atoms with van der Waals surface area (Å²) in [6, 6.07) is -0.539. The van der Waals surface area contributed by atoms with E-state index in [9.17, 15) is 4.79 Å². The first-order valence-electron chi connectivity index (χ1n) is 2.33. The Morgan fingerprint density at radius 1 is 2.00 bits per heavy atom. The van der Waals surface area contributed by atoms with Crippen LogP contribution in [0.5, 0.6) is 0 Å². The van der Waals surface area contributed by atoms with Gasteiger partial charge in [0.25, 0.3) is 0 Å². The van der Waals surface area contributed by atoms with Crippen LogP contribution in [0.25, 0.3) is 0 Å². The predicted octanol–water partition coefficient (Wildman–Crippen LogP) is 0.237. The number of carboxylic acid groups (broad SMARTS) is 1. The molecule has 0 radical (unpaired) electrons. The van der Waals surface area contributed by atoms with Crippen molar-refractivity contribution in [1.29, 1.82) is 0 Å². The van der Waals surface area contributed by atoms with Gasteiger partial charge in [0.2, 0.25) is 0 Å². The van der Waals surface area contributed by atoms with Crippen LogP contribution >= 0.6 is 24.6 Å². The fourth-order valence-electron chi connectivity index (χ4n) is 0.330. The Morgan fingerprint density at radius 2 is 2.56 bits per heavy atom. The second-order valence-electron chi connectivity index (χ2n) is 1.48. The normalized spacial score (nSPS) is 13.1. The minimum Gasteiger partial charge on any atom is -0.480 e. The lowest BCUT2D eigenvalue weighted by Crippen LogP contribution is -2.32. The van der Waals surface area contributed by atoms with Gasteiger partial charge in [-0.25, -0.2) is 0 Å². The minimum absolute atomic E-state index is 0.539. The molecule has 0 aliphatic rings. The smallest absolute Gasteiger partial charge is 0.322 e. The van der Waals surface area contributed by atoms with Gasteiger partial charge in [0, 0.05) is 5.75 Å². The van der Waals surface area contributed by atoms with Crippen molar-refractivity contribution >= 4 is 30.5 Å². The van der Waals surface area contributed by atoms with Crippen molar-refractivity contribution in [3.05, 3.63) is 0 Å². The van der Waals surface area contributed by atoms with Gasteiger partial charge in [0.1, 0.15) is 6.04 Å². The number of thioether (sulfide) groups is 1. The maximum absolute atomic E-state index is 10.2. The van der Waals surface area contributed by atoms with Crippen molar-refractivity contribution in [3.8, 4) is 0 Å². The molecule has 0 aliphatic heterocycles. The first-order valence-corrected chi connectivity index (χ1v) is 4.17. The van der Waals surface area contributed by atoms with Crippen LogP contribution in [-0.4, -0.2) is 29.1 Å². The van der Waals surface area contributed by atoms with Crippen molar-refractivity contribution in [2.45, 2.75) is 6.04 Å². The Kier molecular flexibility index (Phi) is 5.03. The van der Waals surface area contributed by atoms with Crippen molar-refractivity contribution in [3.63, 3.8) is 0 Å². The van der Waals surface area contributed by atoms with Crippen molar-refractivity contribution < 1.29 is 9.90 Å². The molecule has 0 rings (SSSR count). The lowest BCUT2D eigenvalue weighted by molar-refractivity contribution is -0.138. The van der Waals surface area contributed by atoms with E-state index >= 15 is 0 Å². The highest BCUT2D eigenvalue weighted by atomic mass is 32.2. The monoisotopic (exact) mass is 167 g/mol. The molecule has 0 fully saturated rings. The van der Waals surface area contributed by atoms with Crippen molar-refractivity contribution in [1.82, 2.24) is 4.72 Å². The Labute approximate surface area is 63.8 Å². The zero-order valence-electron chi connectivity index (χ0n) is 5.00. The highest BCUT2D eigenvalue weighted by Gasteiger charge is 2.12. The number of rotatable bonds is 4. The number of hydrogen-bond donors (Lipinski definition) is 3. The average Bonchev–Trinajstić information content (AvgIpc) is 1.82. The van der Waals surface area contributed by atoms with Gasteiger partial charge < -0.3 is 5.11 Å². The molecule has 0 bridgehead atoms. The molecule has 54 valence electrons. The molecular weight excluding hydrogens is 158 g/mol. The van der Waals surface area contributed by atoms with Crippen LogP contribution in [0.1, 0.15) is 0 Å². The summed E-state index contributed by atoms with van der Waals surface area (Å²) in [6.07, 6.45) is 1.85. The van der Waals surface area contributed by atoms with Gasteiger partial charge in [-0.05, 0) is 6.26 Å². The third kappa shape index (κ3) is 3.66. The van der Waals surface area contributed by atoms with Gasteiger partial charge in [0.15, 0.2) is 0 Å². The van der Waals surface area contributed by atoms with E-state index in [2.05, 4.69) is 17.5 Å². The Bertz CT molecular complexity index is 98.6. The van der Waals surface area contributed by atoms with Gasteiger partial charge >= 0.3 is 5.97 Å². The molecule has 1 unspecified atom stereocenters. The molecule has 0 saturated carbocycles. The van der Waals surface area contributed by atoms with Crippen LogP contribution in [0, 0.1) is 0 Å². The summed E-state index contributed by atoms with van der Waals surface area (Å²) in [5.74, 6) is -0.321. The fraction of sp³-hybridized carbons (Fsp3) is 0.750. The number of thiol groups is 1.